The Kier molecular flexibility index (Phi) is 8.48. The zero-order chi connectivity index (χ0) is 25.5. The van der Waals surface area contributed by atoms with Gasteiger partial charge in [0.05, 0.1) is 0 Å². The molecule has 1 aliphatic carbocycles. The second-order valence-corrected chi connectivity index (χ2v) is 8.51. The monoisotopic (exact) mass is 494 g/mol. The smallest absolute Gasteiger partial charge is 0.411 e. The number of benzene rings is 2. The molecule has 1 atom stereocenters. The Hall–Kier alpha value is -3.43. The molecule has 0 unspecified atom stereocenters. The van der Waals surface area contributed by atoms with Crippen LogP contribution in [0.15, 0.2) is 54.6 Å². The molecule has 1 saturated carbocycles. The standard InChI is InChI=1S/C25H26F4N2O4/c26-19-9-6-17(7-10-19)8-12-21(32)30-20(23(34)35-16-18-4-2-1-3-5-18)11-13-22(33)31-24(14-15-24)25(27,28)29/h1-7,9-10,20H,8,11-16H2,(H,30,32)(H,31,33)/t20-/m0/s1. The van der Waals surface area contributed by atoms with Gasteiger partial charge in [-0.1, -0.05) is 42.5 Å². The van der Waals surface area contributed by atoms with Crippen LogP contribution in [0.4, 0.5) is 17.6 Å². The average Bonchev–Trinajstić information content (AvgIpc) is 3.61. The fourth-order valence-corrected chi connectivity index (χ4v) is 3.46. The number of hydrogen-bond donors (Lipinski definition) is 2. The summed E-state index contributed by atoms with van der Waals surface area (Å²) in [7, 11) is 0. The second kappa shape index (κ2) is 11.3. The lowest BCUT2D eigenvalue weighted by Crippen LogP contribution is -2.48. The van der Waals surface area contributed by atoms with Gasteiger partial charge in [-0.2, -0.15) is 13.2 Å². The molecule has 188 valence electrons. The Morgan fingerprint density at radius 2 is 1.57 bits per heavy atom. The first kappa shape index (κ1) is 26.2. The maximum Gasteiger partial charge on any atom is 0.411 e. The highest BCUT2D eigenvalue weighted by Crippen LogP contribution is 2.48. The number of rotatable bonds is 11. The maximum atomic E-state index is 13.1. The van der Waals surface area contributed by atoms with Gasteiger partial charge in [-0.15, -0.1) is 0 Å². The number of carbonyl (C=O) groups excluding carboxylic acids is 3. The molecule has 0 spiro atoms. The lowest BCUT2D eigenvalue weighted by molar-refractivity contribution is -0.170. The van der Waals surface area contributed by atoms with E-state index < -0.39 is 47.8 Å². The number of carbonyl (C=O) groups is 3. The highest BCUT2D eigenvalue weighted by atomic mass is 19.4. The molecule has 1 fully saturated rings. The Morgan fingerprint density at radius 1 is 0.914 bits per heavy atom. The Bertz CT molecular complexity index is 1020. The third-order valence-corrected chi connectivity index (χ3v) is 5.73. The molecule has 3 rings (SSSR count). The summed E-state index contributed by atoms with van der Waals surface area (Å²) in [6, 6.07) is 13.2. The largest absolute Gasteiger partial charge is 0.459 e. The summed E-state index contributed by atoms with van der Waals surface area (Å²) in [5.74, 6) is -2.57. The van der Waals surface area contributed by atoms with E-state index in [0.29, 0.717) is 11.1 Å². The zero-order valence-electron chi connectivity index (χ0n) is 18.9. The van der Waals surface area contributed by atoms with Crippen LogP contribution in [0, 0.1) is 5.82 Å². The fourth-order valence-electron chi connectivity index (χ4n) is 3.46. The number of amides is 2. The van der Waals surface area contributed by atoms with E-state index in [1.807, 2.05) is 5.32 Å². The van der Waals surface area contributed by atoms with Crippen molar-refractivity contribution in [3.05, 3.63) is 71.5 Å². The number of ether oxygens (including phenoxy) is 1. The quantitative estimate of drug-likeness (QED) is 0.366. The van der Waals surface area contributed by atoms with Crippen molar-refractivity contribution < 1.29 is 36.7 Å². The number of hydrogen-bond acceptors (Lipinski definition) is 4. The van der Waals surface area contributed by atoms with Crippen LogP contribution in [0.5, 0.6) is 0 Å². The van der Waals surface area contributed by atoms with E-state index in [1.165, 1.54) is 24.3 Å². The molecular formula is C25H26F4N2O4. The van der Waals surface area contributed by atoms with Crippen molar-refractivity contribution >= 4 is 17.8 Å². The first-order chi connectivity index (χ1) is 16.6. The number of halogens is 4. The second-order valence-electron chi connectivity index (χ2n) is 8.51. The Labute approximate surface area is 200 Å². The molecule has 0 radical (unpaired) electrons. The third-order valence-electron chi connectivity index (χ3n) is 5.73. The summed E-state index contributed by atoms with van der Waals surface area (Å²) in [6.07, 6.45) is -5.29. The highest BCUT2D eigenvalue weighted by molar-refractivity contribution is 5.85. The summed E-state index contributed by atoms with van der Waals surface area (Å²) in [6.45, 7) is -0.0645. The fraction of sp³-hybridized carbons (Fsp3) is 0.400. The van der Waals surface area contributed by atoms with Crippen LogP contribution < -0.4 is 10.6 Å². The molecule has 0 bridgehead atoms. The van der Waals surface area contributed by atoms with Crippen molar-refractivity contribution in [1.82, 2.24) is 10.6 Å². The number of esters is 1. The van der Waals surface area contributed by atoms with Gasteiger partial charge in [0.2, 0.25) is 11.8 Å². The molecule has 10 heteroatoms. The Morgan fingerprint density at radius 3 is 2.17 bits per heavy atom. The third kappa shape index (κ3) is 7.80. The van der Waals surface area contributed by atoms with Crippen LogP contribution in [-0.2, 0) is 32.1 Å². The minimum Gasteiger partial charge on any atom is -0.459 e. The molecule has 2 aromatic carbocycles. The summed E-state index contributed by atoms with van der Waals surface area (Å²) in [4.78, 5) is 37.3. The molecule has 0 aliphatic heterocycles. The lowest BCUT2D eigenvalue weighted by atomic mass is 10.1. The summed E-state index contributed by atoms with van der Waals surface area (Å²) < 4.78 is 57.6. The van der Waals surface area contributed by atoms with Gasteiger partial charge in [0.15, 0.2) is 0 Å². The summed E-state index contributed by atoms with van der Waals surface area (Å²) >= 11 is 0. The molecule has 0 aromatic heterocycles. The first-order valence-corrected chi connectivity index (χ1v) is 11.2. The predicted octanol–water partition coefficient (Wildman–Crippen LogP) is 3.98. The molecule has 2 N–H and O–H groups in total. The molecule has 2 aromatic rings. The van der Waals surface area contributed by atoms with Crippen molar-refractivity contribution in [1.29, 1.82) is 0 Å². The normalized spacial score (nSPS) is 15.1. The van der Waals surface area contributed by atoms with E-state index in [4.69, 9.17) is 4.74 Å². The minimum absolute atomic E-state index is 0.0164. The lowest BCUT2D eigenvalue weighted by Gasteiger charge is -2.22. The van der Waals surface area contributed by atoms with E-state index in [0.717, 1.165) is 0 Å². The van der Waals surface area contributed by atoms with E-state index in [9.17, 15) is 31.9 Å². The van der Waals surface area contributed by atoms with Gasteiger partial charge in [-0.25, -0.2) is 9.18 Å². The highest BCUT2D eigenvalue weighted by Gasteiger charge is 2.64. The average molecular weight is 494 g/mol. The predicted molar refractivity (Wildman–Crippen MR) is 118 cm³/mol. The van der Waals surface area contributed by atoms with Crippen molar-refractivity contribution in [3.8, 4) is 0 Å². The molecule has 0 heterocycles. The van der Waals surface area contributed by atoms with Gasteiger partial charge < -0.3 is 15.4 Å². The van der Waals surface area contributed by atoms with Crippen LogP contribution in [0.3, 0.4) is 0 Å². The molecular weight excluding hydrogens is 468 g/mol. The Balaban J connectivity index is 1.57. The van der Waals surface area contributed by atoms with Gasteiger partial charge in [-0.3, -0.25) is 9.59 Å². The maximum absolute atomic E-state index is 13.1. The van der Waals surface area contributed by atoms with Gasteiger partial charge in [0, 0.05) is 12.8 Å². The van der Waals surface area contributed by atoms with Crippen molar-refractivity contribution in [2.24, 2.45) is 0 Å². The minimum atomic E-state index is -4.55. The molecule has 1 aliphatic rings. The van der Waals surface area contributed by atoms with E-state index in [1.54, 1.807) is 30.3 Å². The van der Waals surface area contributed by atoms with Crippen LogP contribution in [0.2, 0.25) is 0 Å². The van der Waals surface area contributed by atoms with Crippen molar-refractivity contribution in [2.75, 3.05) is 0 Å². The topological polar surface area (TPSA) is 84.5 Å². The van der Waals surface area contributed by atoms with Crippen LogP contribution in [0.25, 0.3) is 0 Å². The van der Waals surface area contributed by atoms with Crippen LogP contribution >= 0.6 is 0 Å². The molecule has 6 nitrogen and oxygen atoms in total. The van der Waals surface area contributed by atoms with Gasteiger partial charge >= 0.3 is 12.1 Å². The van der Waals surface area contributed by atoms with Crippen LogP contribution in [-0.4, -0.2) is 35.5 Å². The molecule has 35 heavy (non-hydrogen) atoms. The van der Waals surface area contributed by atoms with Gasteiger partial charge in [0.25, 0.3) is 0 Å². The zero-order valence-corrected chi connectivity index (χ0v) is 18.9. The van der Waals surface area contributed by atoms with Crippen LogP contribution in [0.1, 0.15) is 43.2 Å². The van der Waals surface area contributed by atoms with Crippen molar-refractivity contribution in [3.63, 3.8) is 0 Å². The van der Waals surface area contributed by atoms with Gasteiger partial charge in [0.1, 0.15) is 24.0 Å². The number of aryl methyl sites for hydroxylation is 1. The van der Waals surface area contributed by atoms with Crippen molar-refractivity contribution in [2.45, 2.75) is 62.9 Å². The van der Waals surface area contributed by atoms with E-state index in [-0.39, 0.29) is 38.7 Å². The molecule has 2 amide bonds. The number of nitrogens with one attached hydrogen (secondary N) is 2. The van der Waals surface area contributed by atoms with E-state index >= 15 is 0 Å². The first-order valence-electron chi connectivity index (χ1n) is 11.2. The number of alkyl halides is 3. The molecule has 0 saturated heterocycles. The van der Waals surface area contributed by atoms with E-state index in [2.05, 4.69) is 5.32 Å². The summed E-state index contributed by atoms with van der Waals surface area (Å²) in [5.41, 5.74) is -0.780. The summed E-state index contributed by atoms with van der Waals surface area (Å²) in [5, 5.41) is 4.51. The van der Waals surface area contributed by atoms with Gasteiger partial charge in [-0.05, 0) is 48.9 Å². The SMILES string of the molecule is O=C(CCc1ccc(F)cc1)N[C@@H](CCC(=O)NC1(C(F)(F)F)CC1)C(=O)OCc1ccccc1.